The molecule has 0 radical (unpaired) electrons. The number of pyridine rings is 1. The van der Waals surface area contributed by atoms with Crippen molar-refractivity contribution in [3.05, 3.63) is 18.3 Å². The fourth-order valence-corrected chi connectivity index (χ4v) is 2.73. The highest BCUT2D eigenvalue weighted by atomic mass is 16.5. The van der Waals surface area contributed by atoms with Crippen LogP contribution in [0.25, 0.3) is 0 Å². The highest BCUT2D eigenvalue weighted by Gasteiger charge is 2.18. The predicted octanol–water partition coefficient (Wildman–Crippen LogP) is 3.72. The number of rotatable bonds is 5. The van der Waals surface area contributed by atoms with Crippen molar-refractivity contribution in [3.8, 4) is 5.88 Å². The Morgan fingerprint density at radius 1 is 1.39 bits per heavy atom. The predicted molar refractivity (Wildman–Crippen MR) is 75.0 cm³/mol. The Labute approximate surface area is 110 Å². The second-order valence-electron chi connectivity index (χ2n) is 5.34. The second-order valence-corrected chi connectivity index (χ2v) is 5.34. The van der Waals surface area contributed by atoms with Gasteiger partial charge in [0.15, 0.2) is 0 Å². The van der Waals surface area contributed by atoms with Crippen LogP contribution in [0.2, 0.25) is 0 Å². The van der Waals surface area contributed by atoms with E-state index >= 15 is 0 Å². The quantitative estimate of drug-likeness (QED) is 0.862. The van der Waals surface area contributed by atoms with Crippen LogP contribution in [0.5, 0.6) is 5.88 Å². The molecule has 2 unspecified atom stereocenters. The van der Waals surface area contributed by atoms with Crippen molar-refractivity contribution in [2.24, 2.45) is 11.8 Å². The van der Waals surface area contributed by atoms with Crippen LogP contribution in [0.1, 0.15) is 39.5 Å². The Balaban J connectivity index is 1.78. The van der Waals surface area contributed by atoms with Crippen LogP contribution in [-0.2, 0) is 0 Å². The Morgan fingerprint density at radius 3 is 2.94 bits per heavy atom. The van der Waals surface area contributed by atoms with Crippen molar-refractivity contribution in [2.45, 2.75) is 39.5 Å². The zero-order chi connectivity index (χ0) is 12.8. The molecule has 1 heterocycles. The number of aromatic nitrogens is 1. The monoisotopic (exact) mass is 248 g/mol. The number of anilines is 1. The van der Waals surface area contributed by atoms with E-state index in [1.54, 1.807) is 0 Å². The van der Waals surface area contributed by atoms with Crippen LogP contribution in [0.3, 0.4) is 0 Å². The van der Waals surface area contributed by atoms with Crippen molar-refractivity contribution in [1.82, 2.24) is 4.98 Å². The maximum Gasteiger partial charge on any atom is 0.213 e. The van der Waals surface area contributed by atoms with Gasteiger partial charge in [-0.25, -0.2) is 4.98 Å². The van der Waals surface area contributed by atoms with E-state index in [1.165, 1.54) is 25.7 Å². The molecule has 1 N–H and O–H groups in total. The van der Waals surface area contributed by atoms with Gasteiger partial charge in [0, 0.05) is 12.6 Å². The number of nitrogens with one attached hydrogen (secondary N) is 1. The minimum atomic E-state index is 0.666. The largest absolute Gasteiger partial charge is 0.478 e. The van der Waals surface area contributed by atoms with E-state index in [-0.39, 0.29) is 0 Å². The average molecular weight is 248 g/mol. The number of ether oxygens (including phenoxy) is 1. The molecule has 2 rings (SSSR count). The van der Waals surface area contributed by atoms with Crippen LogP contribution in [-0.4, -0.2) is 18.1 Å². The van der Waals surface area contributed by atoms with E-state index in [0.29, 0.717) is 12.5 Å². The second kappa shape index (κ2) is 6.62. The minimum Gasteiger partial charge on any atom is -0.478 e. The summed E-state index contributed by atoms with van der Waals surface area (Å²) in [5.74, 6) is 2.42. The molecule has 1 saturated carbocycles. The number of nitrogens with zero attached hydrogens (tertiary/aromatic N) is 1. The molecule has 0 bridgehead atoms. The summed E-state index contributed by atoms with van der Waals surface area (Å²) in [5.41, 5.74) is 1.09. The minimum absolute atomic E-state index is 0.666. The molecule has 18 heavy (non-hydrogen) atoms. The zero-order valence-electron chi connectivity index (χ0n) is 11.5. The number of hydrogen-bond donors (Lipinski definition) is 1. The summed E-state index contributed by atoms with van der Waals surface area (Å²) in [4.78, 5) is 4.26. The van der Waals surface area contributed by atoms with Crippen molar-refractivity contribution in [3.63, 3.8) is 0 Å². The zero-order valence-corrected chi connectivity index (χ0v) is 11.5. The van der Waals surface area contributed by atoms with Crippen LogP contribution in [0.4, 0.5) is 5.69 Å². The summed E-state index contributed by atoms with van der Waals surface area (Å²) in [6.07, 6.45) is 7.37. The maximum atomic E-state index is 5.33. The van der Waals surface area contributed by atoms with Crippen molar-refractivity contribution >= 4 is 5.69 Å². The third kappa shape index (κ3) is 3.90. The molecule has 0 saturated heterocycles. The van der Waals surface area contributed by atoms with E-state index in [4.69, 9.17) is 4.74 Å². The lowest BCUT2D eigenvalue weighted by Crippen LogP contribution is -2.21. The van der Waals surface area contributed by atoms with Crippen molar-refractivity contribution in [2.75, 3.05) is 18.5 Å². The first-order valence-electron chi connectivity index (χ1n) is 7.10. The summed E-state index contributed by atoms with van der Waals surface area (Å²) in [6.45, 7) is 6.07. The van der Waals surface area contributed by atoms with E-state index in [2.05, 4.69) is 17.2 Å². The van der Waals surface area contributed by atoms with E-state index < -0.39 is 0 Å². The summed E-state index contributed by atoms with van der Waals surface area (Å²) in [5, 5.41) is 3.49. The van der Waals surface area contributed by atoms with Gasteiger partial charge in [0.05, 0.1) is 18.5 Å². The van der Waals surface area contributed by atoms with Gasteiger partial charge in [-0.15, -0.1) is 0 Å². The van der Waals surface area contributed by atoms with Crippen LogP contribution in [0, 0.1) is 11.8 Å². The van der Waals surface area contributed by atoms with Gasteiger partial charge >= 0.3 is 0 Å². The van der Waals surface area contributed by atoms with Gasteiger partial charge in [-0.1, -0.05) is 19.8 Å². The third-order valence-corrected chi connectivity index (χ3v) is 3.67. The molecule has 2 atom stereocenters. The molecule has 1 aromatic heterocycles. The van der Waals surface area contributed by atoms with Crippen LogP contribution >= 0.6 is 0 Å². The Hall–Kier alpha value is -1.25. The van der Waals surface area contributed by atoms with Crippen LogP contribution in [0.15, 0.2) is 18.3 Å². The molecule has 1 aromatic rings. The Kier molecular flexibility index (Phi) is 4.85. The molecular formula is C15H24N2O. The maximum absolute atomic E-state index is 5.33. The highest BCUT2D eigenvalue weighted by molar-refractivity contribution is 5.41. The molecule has 0 spiro atoms. The summed E-state index contributed by atoms with van der Waals surface area (Å²) in [6, 6.07) is 3.97. The topological polar surface area (TPSA) is 34.1 Å². The lowest BCUT2D eigenvalue weighted by molar-refractivity contribution is 0.293. The molecule has 100 valence electrons. The SMILES string of the molecule is CCOc1ccc(NCC2CCCC(C)C2)cn1. The molecule has 0 aromatic carbocycles. The summed E-state index contributed by atoms with van der Waals surface area (Å²) >= 11 is 0. The lowest BCUT2D eigenvalue weighted by atomic mass is 9.82. The van der Waals surface area contributed by atoms with E-state index in [9.17, 15) is 0 Å². The van der Waals surface area contributed by atoms with Gasteiger partial charge in [-0.3, -0.25) is 0 Å². The molecule has 1 aliphatic carbocycles. The normalized spacial score (nSPS) is 23.7. The fraction of sp³-hybridized carbons (Fsp3) is 0.667. The first-order valence-corrected chi connectivity index (χ1v) is 7.10. The van der Waals surface area contributed by atoms with E-state index in [0.717, 1.165) is 24.1 Å². The first-order chi connectivity index (χ1) is 8.78. The molecule has 0 aliphatic heterocycles. The summed E-state index contributed by atoms with van der Waals surface area (Å²) < 4.78 is 5.33. The highest BCUT2D eigenvalue weighted by Crippen LogP contribution is 2.28. The van der Waals surface area contributed by atoms with Crippen molar-refractivity contribution in [1.29, 1.82) is 0 Å². The molecule has 3 heteroatoms. The summed E-state index contributed by atoms with van der Waals surface area (Å²) in [7, 11) is 0. The smallest absolute Gasteiger partial charge is 0.213 e. The van der Waals surface area contributed by atoms with E-state index in [1.807, 2.05) is 25.3 Å². The third-order valence-electron chi connectivity index (χ3n) is 3.67. The van der Waals surface area contributed by atoms with Crippen molar-refractivity contribution < 1.29 is 4.74 Å². The molecule has 1 fully saturated rings. The fourth-order valence-electron chi connectivity index (χ4n) is 2.73. The number of hydrogen-bond acceptors (Lipinski definition) is 3. The van der Waals surface area contributed by atoms with Gasteiger partial charge in [0.1, 0.15) is 0 Å². The lowest BCUT2D eigenvalue weighted by Gasteiger charge is -2.27. The molecule has 3 nitrogen and oxygen atoms in total. The molecular weight excluding hydrogens is 224 g/mol. The van der Waals surface area contributed by atoms with Crippen LogP contribution < -0.4 is 10.1 Å². The average Bonchev–Trinajstić information content (AvgIpc) is 2.38. The van der Waals surface area contributed by atoms with Gasteiger partial charge < -0.3 is 10.1 Å². The van der Waals surface area contributed by atoms with Gasteiger partial charge in [0.2, 0.25) is 5.88 Å². The van der Waals surface area contributed by atoms with Gasteiger partial charge in [0.25, 0.3) is 0 Å². The first kappa shape index (κ1) is 13.2. The standard InChI is InChI=1S/C15H24N2O/c1-3-18-15-8-7-14(11-17-15)16-10-13-6-4-5-12(2)9-13/h7-8,11-13,16H,3-6,9-10H2,1-2H3. The van der Waals surface area contributed by atoms with Gasteiger partial charge in [-0.2, -0.15) is 0 Å². The molecule has 0 amide bonds. The molecule has 1 aliphatic rings. The van der Waals surface area contributed by atoms with Gasteiger partial charge in [-0.05, 0) is 37.7 Å². The Bertz CT molecular complexity index is 350. The Morgan fingerprint density at radius 2 is 2.28 bits per heavy atom.